The Hall–Kier alpha value is -2.43. The smallest absolute Gasteiger partial charge is 0.251 e. The lowest BCUT2D eigenvalue weighted by Crippen LogP contribution is -2.25. The van der Waals surface area contributed by atoms with Gasteiger partial charge in [-0.05, 0) is 18.4 Å². The van der Waals surface area contributed by atoms with Crippen LogP contribution in [0.5, 0.6) is 0 Å². The summed E-state index contributed by atoms with van der Waals surface area (Å²) in [6.45, 7) is 4.00. The summed E-state index contributed by atoms with van der Waals surface area (Å²) in [6, 6.07) is 11.3. The van der Waals surface area contributed by atoms with Crippen molar-refractivity contribution in [1.82, 2.24) is 15.3 Å². The number of carbonyl (C=O) groups excluding carboxylic acids is 1. The number of nitrogens with one attached hydrogen (secondary N) is 2. The van der Waals surface area contributed by atoms with Crippen molar-refractivity contribution in [2.45, 2.75) is 32.7 Å². The largest absolute Gasteiger partial charge is 0.350 e. The summed E-state index contributed by atoms with van der Waals surface area (Å²) in [4.78, 5) is 30.0. The quantitative estimate of drug-likeness (QED) is 0.881. The van der Waals surface area contributed by atoms with Crippen LogP contribution in [-0.4, -0.2) is 15.9 Å². The second kappa shape index (κ2) is 6.83. The summed E-state index contributed by atoms with van der Waals surface area (Å²) in [7, 11) is 0. The van der Waals surface area contributed by atoms with Crippen molar-refractivity contribution in [2.24, 2.45) is 0 Å². The normalized spacial score (nSPS) is 11.9. The molecular formula is C16H19N3O2. The molecule has 0 radical (unpaired) electrons. The maximum absolute atomic E-state index is 11.9. The van der Waals surface area contributed by atoms with Crippen LogP contribution >= 0.6 is 0 Å². The number of benzene rings is 1. The van der Waals surface area contributed by atoms with Crippen molar-refractivity contribution >= 4 is 5.91 Å². The van der Waals surface area contributed by atoms with Crippen LogP contribution in [0.1, 0.15) is 36.3 Å². The van der Waals surface area contributed by atoms with E-state index in [1.807, 2.05) is 37.3 Å². The van der Waals surface area contributed by atoms with Crippen molar-refractivity contribution in [3.05, 3.63) is 63.8 Å². The fourth-order valence-corrected chi connectivity index (χ4v) is 2.17. The second-order valence-corrected chi connectivity index (χ2v) is 5.11. The van der Waals surface area contributed by atoms with Crippen LogP contribution in [0.25, 0.3) is 0 Å². The number of rotatable bonds is 5. The number of hydrogen-bond acceptors (Lipinski definition) is 3. The van der Waals surface area contributed by atoms with E-state index in [0.29, 0.717) is 17.9 Å². The lowest BCUT2D eigenvalue weighted by molar-refractivity contribution is -0.121. The number of aryl methyl sites for hydroxylation is 1. The third-order valence-electron chi connectivity index (χ3n) is 3.24. The first-order chi connectivity index (χ1) is 10.0. The molecular weight excluding hydrogens is 266 g/mol. The maximum atomic E-state index is 11.9. The highest BCUT2D eigenvalue weighted by Gasteiger charge is 2.11. The molecule has 0 aliphatic rings. The number of H-pyrrole nitrogens is 1. The van der Waals surface area contributed by atoms with E-state index >= 15 is 0 Å². The standard InChI is InChI=1S/C16H19N3O2/c1-11(13-6-4-3-5-7-13)8-15(20)17-10-14-9-16(21)19-12(2)18-14/h3-7,9,11H,8,10H2,1-2H3,(H,17,20)(H,18,19,21). The molecule has 1 aromatic carbocycles. The monoisotopic (exact) mass is 285 g/mol. The second-order valence-electron chi connectivity index (χ2n) is 5.11. The van der Waals surface area contributed by atoms with Crippen LogP contribution in [0.2, 0.25) is 0 Å². The molecule has 0 fully saturated rings. The zero-order valence-corrected chi connectivity index (χ0v) is 12.2. The molecule has 1 aromatic heterocycles. The van der Waals surface area contributed by atoms with Crippen molar-refractivity contribution in [3.63, 3.8) is 0 Å². The number of aromatic nitrogens is 2. The van der Waals surface area contributed by atoms with E-state index in [0.717, 1.165) is 5.56 Å². The topological polar surface area (TPSA) is 74.8 Å². The summed E-state index contributed by atoms with van der Waals surface area (Å²) in [5.74, 6) is 0.649. The molecule has 5 heteroatoms. The van der Waals surface area contributed by atoms with Crippen molar-refractivity contribution in [3.8, 4) is 0 Å². The predicted octanol–water partition coefficient (Wildman–Crippen LogP) is 1.89. The fourth-order valence-electron chi connectivity index (χ4n) is 2.17. The molecule has 0 aliphatic heterocycles. The Balaban J connectivity index is 1.89. The van der Waals surface area contributed by atoms with Gasteiger partial charge < -0.3 is 10.3 Å². The lowest BCUT2D eigenvalue weighted by atomic mass is 9.97. The van der Waals surface area contributed by atoms with E-state index in [1.54, 1.807) is 6.92 Å². The minimum atomic E-state index is -0.204. The van der Waals surface area contributed by atoms with Crippen LogP contribution in [0.3, 0.4) is 0 Å². The van der Waals surface area contributed by atoms with Gasteiger partial charge in [0.05, 0.1) is 12.2 Å². The Morgan fingerprint density at radius 2 is 2.05 bits per heavy atom. The van der Waals surface area contributed by atoms with Gasteiger partial charge >= 0.3 is 0 Å². The van der Waals surface area contributed by atoms with Crippen LogP contribution in [0.4, 0.5) is 0 Å². The molecule has 110 valence electrons. The summed E-state index contributed by atoms with van der Waals surface area (Å²) >= 11 is 0. The Bertz CT molecular complexity index is 665. The third-order valence-corrected chi connectivity index (χ3v) is 3.24. The number of aromatic amines is 1. The van der Waals surface area contributed by atoms with Gasteiger partial charge in [-0.2, -0.15) is 0 Å². The molecule has 0 aliphatic carbocycles. The minimum absolute atomic E-state index is 0.0499. The summed E-state index contributed by atoms with van der Waals surface area (Å²) < 4.78 is 0. The lowest BCUT2D eigenvalue weighted by Gasteiger charge is -2.11. The van der Waals surface area contributed by atoms with Crippen LogP contribution in [0.15, 0.2) is 41.2 Å². The molecule has 0 saturated carbocycles. The first kappa shape index (κ1) is 15.0. The van der Waals surface area contributed by atoms with Crippen LogP contribution in [0, 0.1) is 6.92 Å². The minimum Gasteiger partial charge on any atom is -0.350 e. The molecule has 0 saturated heterocycles. The van der Waals surface area contributed by atoms with Crippen LogP contribution < -0.4 is 10.9 Å². The van der Waals surface area contributed by atoms with Gasteiger partial charge in [0.2, 0.25) is 5.91 Å². The van der Waals surface area contributed by atoms with Gasteiger partial charge in [-0.1, -0.05) is 37.3 Å². The van der Waals surface area contributed by atoms with E-state index in [2.05, 4.69) is 15.3 Å². The van der Waals surface area contributed by atoms with Crippen molar-refractivity contribution in [2.75, 3.05) is 0 Å². The molecule has 1 unspecified atom stereocenters. The first-order valence-electron chi connectivity index (χ1n) is 6.93. The zero-order valence-electron chi connectivity index (χ0n) is 12.2. The first-order valence-corrected chi connectivity index (χ1v) is 6.93. The van der Waals surface area contributed by atoms with Gasteiger partial charge in [0.15, 0.2) is 0 Å². The average molecular weight is 285 g/mol. The molecule has 1 heterocycles. The van der Waals surface area contributed by atoms with Crippen molar-refractivity contribution in [1.29, 1.82) is 0 Å². The van der Waals surface area contributed by atoms with Gasteiger partial charge in [0.1, 0.15) is 5.82 Å². The predicted molar refractivity (Wildman–Crippen MR) is 80.9 cm³/mol. The average Bonchev–Trinajstić information content (AvgIpc) is 2.45. The molecule has 0 bridgehead atoms. The molecule has 0 spiro atoms. The Morgan fingerprint density at radius 3 is 2.71 bits per heavy atom. The van der Waals surface area contributed by atoms with Gasteiger partial charge in [-0.15, -0.1) is 0 Å². The van der Waals surface area contributed by atoms with Crippen molar-refractivity contribution < 1.29 is 4.79 Å². The van der Waals surface area contributed by atoms with Crippen LogP contribution in [-0.2, 0) is 11.3 Å². The highest BCUT2D eigenvalue weighted by molar-refractivity contribution is 5.76. The number of hydrogen-bond donors (Lipinski definition) is 2. The Kier molecular flexibility index (Phi) is 4.87. The van der Waals surface area contributed by atoms with Gasteiger partial charge in [0, 0.05) is 12.5 Å². The van der Waals surface area contributed by atoms with E-state index < -0.39 is 0 Å². The molecule has 1 atom stereocenters. The van der Waals surface area contributed by atoms with Gasteiger partial charge in [-0.3, -0.25) is 9.59 Å². The molecule has 1 amide bonds. The summed E-state index contributed by atoms with van der Waals surface area (Å²) in [5, 5.41) is 2.80. The Labute approximate surface area is 123 Å². The summed E-state index contributed by atoms with van der Waals surface area (Å²) in [5.41, 5.74) is 1.50. The van der Waals surface area contributed by atoms with E-state index in [9.17, 15) is 9.59 Å². The van der Waals surface area contributed by atoms with E-state index in [4.69, 9.17) is 0 Å². The molecule has 2 aromatic rings. The van der Waals surface area contributed by atoms with E-state index in [-0.39, 0.29) is 23.9 Å². The molecule has 5 nitrogen and oxygen atoms in total. The van der Waals surface area contributed by atoms with Gasteiger partial charge in [-0.25, -0.2) is 4.98 Å². The van der Waals surface area contributed by atoms with E-state index in [1.165, 1.54) is 6.07 Å². The fraction of sp³-hybridized carbons (Fsp3) is 0.312. The third kappa shape index (κ3) is 4.56. The highest BCUT2D eigenvalue weighted by Crippen LogP contribution is 2.17. The number of nitrogens with zero attached hydrogens (tertiary/aromatic N) is 1. The summed E-state index contributed by atoms with van der Waals surface area (Å²) in [6.07, 6.45) is 0.409. The number of carbonyl (C=O) groups is 1. The zero-order chi connectivity index (χ0) is 15.2. The Morgan fingerprint density at radius 1 is 1.33 bits per heavy atom. The molecule has 2 N–H and O–H groups in total. The number of amides is 1. The van der Waals surface area contributed by atoms with Gasteiger partial charge in [0.25, 0.3) is 5.56 Å². The molecule has 21 heavy (non-hydrogen) atoms. The highest BCUT2D eigenvalue weighted by atomic mass is 16.1. The SMILES string of the molecule is Cc1nc(CNC(=O)CC(C)c2ccccc2)cc(=O)[nH]1. The maximum Gasteiger partial charge on any atom is 0.251 e. The molecule has 2 rings (SSSR count).